The Balaban J connectivity index is 2.84. The third-order valence-electron chi connectivity index (χ3n) is 2.51. The van der Waals surface area contributed by atoms with Crippen LogP contribution in [0.3, 0.4) is 0 Å². The molecule has 0 amide bonds. The molecule has 0 saturated heterocycles. The Bertz CT molecular complexity index is 618. The van der Waals surface area contributed by atoms with Crippen LogP contribution in [-0.2, 0) is 14.8 Å². The van der Waals surface area contributed by atoms with E-state index in [4.69, 9.17) is 10.00 Å². The van der Waals surface area contributed by atoms with Crippen LogP contribution in [0, 0.1) is 11.3 Å². The van der Waals surface area contributed by atoms with Gasteiger partial charge in [-0.1, -0.05) is 6.07 Å². The number of carbonyl (C=O) groups excluding carboxylic acids is 1. The summed E-state index contributed by atoms with van der Waals surface area (Å²) in [6.07, 6.45) is 0.764. The van der Waals surface area contributed by atoms with E-state index in [2.05, 4.69) is 0 Å². The van der Waals surface area contributed by atoms with E-state index in [1.807, 2.05) is 6.07 Å². The summed E-state index contributed by atoms with van der Waals surface area (Å²) in [5, 5.41) is 8.36. The molecule has 1 aromatic carbocycles. The second-order valence-electron chi connectivity index (χ2n) is 4.21. The number of unbranched alkanes of at least 4 members (excludes halogenated alkanes) is 1. The summed E-state index contributed by atoms with van der Waals surface area (Å²) in [6.45, 7) is 0.136. The number of rotatable bonds is 6. The lowest BCUT2D eigenvalue weighted by Gasteiger charge is -2.12. The Morgan fingerprint density at radius 3 is 2.70 bits per heavy atom. The number of nitrogens with zero attached hydrogens (tertiary/aromatic N) is 2. The second-order valence-corrected chi connectivity index (χ2v) is 6.36. The van der Waals surface area contributed by atoms with Gasteiger partial charge in [-0.2, -0.15) is 5.26 Å². The highest BCUT2D eigenvalue weighted by atomic mass is 32.2. The number of nitriles is 1. The van der Waals surface area contributed by atoms with Crippen LogP contribution in [0.25, 0.3) is 0 Å². The Morgan fingerprint density at radius 2 is 2.10 bits per heavy atom. The highest BCUT2D eigenvalue weighted by Gasteiger charge is 2.19. The van der Waals surface area contributed by atoms with Crippen molar-refractivity contribution in [2.75, 3.05) is 20.7 Å². The molecule has 0 N–H and O–H groups in total. The highest BCUT2D eigenvalue weighted by molar-refractivity contribution is 7.89. The third-order valence-corrected chi connectivity index (χ3v) is 4.33. The van der Waals surface area contributed by atoms with Crippen LogP contribution in [0.5, 0.6) is 0 Å². The Kier molecular flexibility index (Phi) is 5.67. The average molecular weight is 296 g/mol. The van der Waals surface area contributed by atoms with Crippen molar-refractivity contribution in [1.82, 2.24) is 4.31 Å². The van der Waals surface area contributed by atoms with E-state index >= 15 is 0 Å². The molecule has 0 heterocycles. The predicted molar refractivity (Wildman–Crippen MR) is 72.4 cm³/mol. The molecule has 0 radical (unpaired) electrons. The average Bonchev–Trinajstić information content (AvgIpc) is 2.43. The molecule has 20 heavy (non-hydrogen) atoms. The molecule has 0 aliphatic rings. The lowest BCUT2D eigenvalue weighted by Crippen LogP contribution is -2.22. The number of benzene rings is 1. The summed E-state index contributed by atoms with van der Waals surface area (Å²) in [6, 6.07) is 7.62. The molecule has 1 rings (SSSR count). The molecule has 0 atom stereocenters. The summed E-state index contributed by atoms with van der Waals surface area (Å²) < 4.78 is 29.9. The Hall–Kier alpha value is -1.91. The van der Waals surface area contributed by atoms with Gasteiger partial charge in [-0.25, -0.2) is 17.5 Å². The van der Waals surface area contributed by atoms with Gasteiger partial charge in [-0.15, -0.1) is 0 Å². The van der Waals surface area contributed by atoms with E-state index in [0.717, 1.165) is 4.31 Å². The zero-order valence-electron chi connectivity index (χ0n) is 11.4. The van der Waals surface area contributed by atoms with Crippen LogP contribution in [0.1, 0.15) is 23.2 Å². The fourth-order valence-electron chi connectivity index (χ4n) is 1.39. The van der Waals surface area contributed by atoms with Gasteiger partial charge in [0.05, 0.1) is 23.1 Å². The van der Waals surface area contributed by atoms with Crippen LogP contribution >= 0.6 is 0 Å². The fourth-order valence-corrected chi connectivity index (χ4v) is 2.34. The molecular formula is C13H16N2O4S. The third kappa shape index (κ3) is 4.05. The molecular weight excluding hydrogens is 280 g/mol. The van der Waals surface area contributed by atoms with Gasteiger partial charge in [0, 0.05) is 20.5 Å². The zero-order valence-corrected chi connectivity index (χ0v) is 12.2. The van der Waals surface area contributed by atoms with Crippen LogP contribution in [0.15, 0.2) is 29.2 Å². The Labute approximate surface area is 118 Å². The van der Waals surface area contributed by atoms with Crippen LogP contribution in [0.2, 0.25) is 0 Å². The van der Waals surface area contributed by atoms with Crippen LogP contribution in [0.4, 0.5) is 0 Å². The van der Waals surface area contributed by atoms with Gasteiger partial charge in [0.1, 0.15) is 0 Å². The van der Waals surface area contributed by atoms with Gasteiger partial charge in [-0.3, -0.25) is 0 Å². The van der Waals surface area contributed by atoms with Gasteiger partial charge < -0.3 is 4.74 Å². The smallest absolute Gasteiger partial charge is 0.338 e. The first-order valence-electron chi connectivity index (χ1n) is 5.96. The van der Waals surface area contributed by atoms with Crippen molar-refractivity contribution >= 4 is 16.0 Å². The maximum atomic E-state index is 11.9. The van der Waals surface area contributed by atoms with Gasteiger partial charge in [-0.05, 0) is 24.6 Å². The summed E-state index contributed by atoms with van der Waals surface area (Å²) in [7, 11) is -0.742. The van der Waals surface area contributed by atoms with Crippen LogP contribution < -0.4 is 0 Å². The van der Waals surface area contributed by atoms with Crippen molar-refractivity contribution in [3.63, 3.8) is 0 Å². The lowest BCUT2D eigenvalue weighted by molar-refractivity contribution is 0.0501. The normalized spacial score (nSPS) is 11.1. The number of hydrogen-bond donors (Lipinski definition) is 0. The van der Waals surface area contributed by atoms with E-state index in [1.54, 1.807) is 0 Å². The van der Waals surface area contributed by atoms with E-state index in [1.165, 1.54) is 38.4 Å². The first-order chi connectivity index (χ1) is 9.39. The summed E-state index contributed by atoms with van der Waals surface area (Å²) >= 11 is 0. The first kappa shape index (κ1) is 16.1. The molecule has 0 unspecified atom stereocenters. The fraction of sp³-hybridized carbons (Fsp3) is 0.385. The topological polar surface area (TPSA) is 87.5 Å². The number of carbonyl (C=O) groups is 1. The highest BCUT2D eigenvalue weighted by Crippen LogP contribution is 2.15. The van der Waals surface area contributed by atoms with E-state index in [9.17, 15) is 13.2 Å². The molecule has 0 aliphatic carbocycles. The largest absolute Gasteiger partial charge is 0.462 e. The van der Waals surface area contributed by atoms with Crippen molar-refractivity contribution in [2.45, 2.75) is 17.7 Å². The van der Waals surface area contributed by atoms with Crippen molar-refractivity contribution in [1.29, 1.82) is 5.26 Å². The van der Waals surface area contributed by atoms with Gasteiger partial charge in [0.15, 0.2) is 0 Å². The molecule has 0 spiro atoms. The quantitative estimate of drug-likeness (QED) is 0.585. The van der Waals surface area contributed by atoms with Crippen molar-refractivity contribution in [3.05, 3.63) is 29.8 Å². The monoisotopic (exact) mass is 296 g/mol. The molecule has 108 valence electrons. The van der Waals surface area contributed by atoms with Gasteiger partial charge >= 0.3 is 5.97 Å². The number of hydrogen-bond acceptors (Lipinski definition) is 5. The number of esters is 1. The molecule has 0 fully saturated rings. The zero-order chi connectivity index (χ0) is 15.2. The minimum atomic E-state index is -3.58. The van der Waals surface area contributed by atoms with E-state index < -0.39 is 16.0 Å². The summed E-state index contributed by atoms with van der Waals surface area (Å²) in [5.41, 5.74) is 0.171. The predicted octanol–water partition coefficient (Wildman–Crippen LogP) is 1.40. The van der Waals surface area contributed by atoms with Crippen molar-refractivity contribution < 1.29 is 17.9 Å². The van der Waals surface area contributed by atoms with Crippen molar-refractivity contribution in [3.8, 4) is 6.07 Å². The van der Waals surface area contributed by atoms with E-state index in [-0.39, 0.29) is 17.1 Å². The van der Waals surface area contributed by atoms with Gasteiger partial charge in [0.2, 0.25) is 10.0 Å². The Morgan fingerprint density at radius 1 is 1.40 bits per heavy atom. The maximum Gasteiger partial charge on any atom is 0.338 e. The van der Waals surface area contributed by atoms with Crippen molar-refractivity contribution in [2.24, 2.45) is 0 Å². The van der Waals surface area contributed by atoms with E-state index in [0.29, 0.717) is 12.8 Å². The number of sulfonamides is 1. The molecule has 0 saturated carbocycles. The lowest BCUT2D eigenvalue weighted by atomic mass is 10.2. The standard InChI is InChI=1S/C13H16N2O4S/c1-15(2)20(17,18)12-7-5-6-11(10-12)13(16)19-9-4-3-8-14/h5-7,10H,3-4,9H2,1-2H3. The number of ether oxygens (including phenoxy) is 1. The second kappa shape index (κ2) is 7.03. The molecule has 6 nitrogen and oxygen atoms in total. The summed E-state index contributed by atoms with van der Waals surface area (Å²) in [4.78, 5) is 11.8. The molecule has 0 bridgehead atoms. The molecule has 7 heteroatoms. The first-order valence-corrected chi connectivity index (χ1v) is 7.40. The molecule has 1 aromatic rings. The SMILES string of the molecule is CN(C)S(=O)(=O)c1cccc(C(=O)OCCCC#N)c1. The minimum Gasteiger partial charge on any atom is -0.462 e. The minimum absolute atomic E-state index is 0.0361. The summed E-state index contributed by atoms with van der Waals surface area (Å²) in [5.74, 6) is -0.598. The maximum absolute atomic E-state index is 11.9. The van der Waals surface area contributed by atoms with Gasteiger partial charge in [0.25, 0.3) is 0 Å². The molecule has 0 aromatic heterocycles. The van der Waals surface area contributed by atoms with Crippen LogP contribution in [-0.4, -0.2) is 39.4 Å². The molecule has 0 aliphatic heterocycles.